The number of carbonyl (C=O) groups is 3. The van der Waals surface area contributed by atoms with E-state index in [1.54, 1.807) is 18.2 Å². The van der Waals surface area contributed by atoms with Gasteiger partial charge in [-0.2, -0.15) is 0 Å². The lowest BCUT2D eigenvalue weighted by Gasteiger charge is -2.33. The molecule has 1 saturated heterocycles. The van der Waals surface area contributed by atoms with Gasteiger partial charge in [-0.1, -0.05) is 36.4 Å². The van der Waals surface area contributed by atoms with Gasteiger partial charge in [-0.25, -0.2) is 4.79 Å². The zero-order chi connectivity index (χ0) is 21.8. The Labute approximate surface area is 181 Å². The first-order valence-electron chi connectivity index (χ1n) is 10.4. The predicted molar refractivity (Wildman–Crippen MR) is 116 cm³/mol. The molecule has 2 heterocycles. The van der Waals surface area contributed by atoms with Gasteiger partial charge < -0.3 is 20.3 Å². The van der Waals surface area contributed by atoms with E-state index in [1.165, 1.54) is 0 Å². The van der Waals surface area contributed by atoms with Crippen LogP contribution < -0.4 is 20.3 Å². The lowest BCUT2D eigenvalue weighted by Crippen LogP contribution is -2.48. The molecule has 162 valence electrons. The van der Waals surface area contributed by atoms with E-state index < -0.39 is 17.5 Å². The molecule has 4 rings (SSSR count). The van der Waals surface area contributed by atoms with Crippen LogP contribution in [0.4, 0.5) is 10.5 Å². The van der Waals surface area contributed by atoms with E-state index in [2.05, 4.69) is 15.5 Å². The van der Waals surface area contributed by atoms with Crippen molar-refractivity contribution < 1.29 is 19.1 Å². The largest absolute Gasteiger partial charge is 0.493 e. The highest BCUT2D eigenvalue weighted by atomic mass is 16.5. The first-order valence-corrected chi connectivity index (χ1v) is 10.4. The van der Waals surface area contributed by atoms with Crippen molar-refractivity contribution in [3.8, 4) is 5.75 Å². The maximum Gasteiger partial charge on any atom is 0.325 e. The molecule has 2 aromatic carbocycles. The first-order chi connectivity index (χ1) is 15.0. The monoisotopic (exact) mass is 422 g/mol. The number of para-hydroxylation sites is 2. The number of hydrogen-bond donors (Lipinski definition) is 2. The van der Waals surface area contributed by atoms with Crippen LogP contribution in [0.2, 0.25) is 0 Å². The van der Waals surface area contributed by atoms with Crippen molar-refractivity contribution in [1.29, 1.82) is 0 Å². The van der Waals surface area contributed by atoms with Gasteiger partial charge in [0.15, 0.2) is 5.54 Å². The average Bonchev–Trinajstić information content (AvgIpc) is 3.02. The number of amides is 4. The molecule has 1 spiro atoms. The molecule has 31 heavy (non-hydrogen) atoms. The summed E-state index contributed by atoms with van der Waals surface area (Å²) in [4.78, 5) is 41.2. The summed E-state index contributed by atoms with van der Waals surface area (Å²) in [5.41, 5.74) is 0.576. The summed E-state index contributed by atoms with van der Waals surface area (Å²) in [6, 6.07) is 16.6. The second kappa shape index (κ2) is 8.67. The lowest BCUT2D eigenvalue weighted by atomic mass is 9.84. The fraction of sp³-hybridized carbons (Fsp3) is 0.348. The molecule has 1 fully saturated rings. The number of fused-ring (bicyclic) bond motifs is 2. The third kappa shape index (κ3) is 4.05. The first kappa shape index (κ1) is 20.7. The van der Waals surface area contributed by atoms with Gasteiger partial charge >= 0.3 is 6.03 Å². The number of nitrogens with zero attached hydrogens (tertiary/aromatic N) is 2. The Morgan fingerprint density at radius 3 is 2.71 bits per heavy atom. The summed E-state index contributed by atoms with van der Waals surface area (Å²) in [5, 5.41) is 5.61. The number of urea groups is 1. The maximum atomic E-state index is 13.2. The van der Waals surface area contributed by atoms with Gasteiger partial charge in [-0.15, -0.1) is 0 Å². The number of carbonyl (C=O) groups excluding carboxylic acids is 3. The van der Waals surface area contributed by atoms with E-state index in [0.717, 1.165) is 23.6 Å². The summed E-state index contributed by atoms with van der Waals surface area (Å²) in [6.07, 6.45) is 1.07. The zero-order valence-corrected chi connectivity index (χ0v) is 17.5. The molecule has 0 aromatic heterocycles. The molecule has 0 radical (unpaired) electrons. The second-order valence-corrected chi connectivity index (χ2v) is 7.78. The Bertz CT molecular complexity index is 981. The Morgan fingerprint density at radius 2 is 1.90 bits per heavy atom. The predicted octanol–water partition coefficient (Wildman–Crippen LogP) is 1.86. The zero-order valence-electron chi connectivity index (χ0n) is 17.5. The van der Waals surface area contributed by atoms with Gasteiger partial charge in [0.2, 0.25) is 5.91 Å². The van der Waals surface area contributed by atoms with Gasteiger partial charge in [-0.05, 0) is 24.6 Å². The van der Waals surface area contributed by atoms with Crippen LogP contribution in [0.25, 0.3) is 0 Å². The molecule has 2 aliphatic rings. The average molecular weight is 422 g/mol. The van der Waals surface area contributed by atoms with E-state index in [9.17, 15) is 14.4 Å². The molecular formula is C23H26N4O4. The van der Waals surface area contributed by atoms with Crippen molar-refractivity contribution in [3.05, 3.63) is 60.2 Å². The molecule has 0 bridgehead atoms. The summed E-state index contributed by atoms with van der Waals surface area (Å²) in [6.45, 7) is 1.25. The molecule has 0 saturated carbocycles. The standard InChI is InChI=1S/C23H26N4O4/c1-26(17-8-3-2-4-9-17)14-7-13-24-20(28)16-27-21(29)23(25-22(27)30)12-15-31-19-11-6-5-10-18(19)23/h2-6,8-11H,7,12-16H2,1H3,(H,24,28)(H,25,30). The van der Waals surface area contributed by atoms with Crippen molar-refractivity contribution in [2.24, 2.45) is 0 Å². The Hall–Kier alpha value is -3.55. The van der Waals surface area contributed by atoms with E-state index in [4.69, 9.17) is 4.74 Å². The van der Waals surface area contributed by atoms with Gasteiger partial charge in [0.1, 0.15) is 12.3 Å². The molecule has 4 amide bonds. The number of hydrogen-bond acceptors (Lipinski definition) is 5. The number of imide groups is 1. The summed E-state index contributed by atoms with van der Waals surface area (Å²) >= 11 is 0. The SMILES string of the molecule is CN(CCCNC(=O)CN1C(=O)NC2(CCOc3ccccc32)C1=O)c1ccccc1. The highest BCUT2D eigenvalue weighted by Crippen LogP contribution is 2.40. The number of nitrogens with one attached hydrogen (secondary N) is 2. The van der Waals surface area contributed by atoms with Gasteiger partial charge in [0.05, 0.1) is 6.61 Å². The van der Waals surface area contributed by atoms with Crippen LogP contribution in [-0.4, -0.2) is 56.0 Å². The fourth-order valence-corrected chi connectivity index (χ4v) is 4.07. The highest BCUT2D eigenvalue weighted by Gasteiger charge is 2.55. The van der Waals surface area contributed by atoms with E-state index in [0.29, 0.717) is 30.9 Å². The minimum Gasteiger partial charge on any atom is -0.493 e. The van der Waals surface area contributed by atoms with Crippen LogP contribution in [-0.2, 0) is 15.1 Å². The van der Waals surface area contributed by atoms with Crippen LogP contribution in [0.3, 0.4) is 0 Å². The molecule has 2 aromatic rings. The maximum absolute atomic E-state index is 13.2. The van der Waals surface area contributed by atoms with E-state index in [-0.39, 0.29) is 12.5 Å². The summed E-state index contributed by atoms with van der Waals surface area (Å²) in [5.74, 6) is -0.188. The number of rotatable bonds is 7. The van der Waals surface area contributed by atoms with Crippen LogP contribution in [0, 0.1) is 0 Å². The summed E-state index contributed by atoms with van der Waals surface area (Å²) < 4.78 is 5.62. The molecular weight excluding hydrogens is 396 g/mol. The Balaban J connectivity index is 1.31. The third-order valence-corrected chi connectivity index (χ3v) is 5.75. The van der Waals surface area contributed by atoms with Crippen LogP contribution in [0.1, 0.15) is 18.4 Å². The van der Waals surface area contributed by atoms with Crippen molar-refractivity contribution in [2.45, 2.75) is 18.4 Å². The second-order valence-electron chi connectivity index (χ2n) is 7.78. The fourth-order valence-electron chi connectivity index (χ4n) is 4.07. The number of anilines is 1. The quantitative estimate of drug-likeness (QED) is 0.525. The van der Waals surface area contributed by atoms with Gasteiger partial charge in [-0.3, -0.25) is 14.5 Å². The molecule has 8 nitrogen and oxygen atoms in total. The molecule has 2 aliphatic heterocycles. The summed E-state index contributed by atoms with van der Waals surface area (Å²) in [7, 11) is 2.00. The molecule has 0 aliphatic carbocycles. The third-order valence-electron chi connectivity index (χ3n) is 5.75. The Kier molecular flexibility index (Phi) is 5.79. The topological polar surface area (TPSA) is 91.0 Å². The van der Waals surface area contributed by atoms with Crippen molar-refractivity contribution >= 4 is 23.5 Å². The Morgan fingerprint density at radius 1 is 1.16 bits per heavy atom. The minimum absolute atomic E-state index is 0.302. The van der Waals surface area contributed by atoms with Crippen molar-refractivity contribution in [1.82, 2.24) is 15.5 Å². The van der Waals surface area contributed by atoms with Gasteiger partial charge in [0, 0.05) is 37.8 Å². The normalized spacial score (nSPS) is 19.6. The van der Waals surface area contributed by atoms with Crippen molar-refractivity contribution in [3.63, 3.8) is 0 Å². The van der Waals surface area contributed by atoms with E-state index >= 15 is 0 Å². The lowest BCUT2D eigenvalue weighted by molar-refractivity contribution is -0.136. The molecule has 2 N–H and O–H groups in total. The van der Waals surface area contributed by atoms with Gasteiger partial charge in [0.25, 0.3) is 5.91 Å². The van der Waals surface area contributed by atoms with E-state index in [1.807, 2.05) is 43.4 Å². The van der Waals surface area contributed by atoms with Crippen LogP contribution in [0.5, 0.6) is 5.75 Å². The molecule has 8 heteroatoms. The van der Waals surface area contributed by atoms with Crippen molar-refractivity contribution in [2.75, 3.05) is 38.2 Å². The minimum atomic E-state index is -1.16. The smallest absolute Gasteiger partial charge is 0.325 e. The molecule has 1 atom stereocenters. The molecule has 1 unspecified atom stereocenters. The van der Waals surface area contributed by atoms with Crippen LogP contribution >= 0.6 is 0 Å². The number of ether oxygens (including phenoxy) is 1. The highest BCUT2D eigenvalue weighted by molar-refractivity contribution is 6.09. The van der Waals surface area contributed by atoms with Crippen LogP contribution in [0.15, 0.2) is 54.6 Å². The number of benzene rings is 2.